The molecular formula is C19H22N4O3S2. The summed E-state index contributed by atoms with van der Waals surface area (Å²) >= 11 is 2.52. The maximum Gasteiger partial charge on any atom is 0.311 e. The molecule has 28 heavy (non-hydrogen) atoms. The molecule has 0 unspecified atom stereocenters. The van der Waals surface area contributed by atoms with Gasteiger partial charge in [-0.3, -0.25) is 14.9 Å². The van der Waals surface area contributed by atoms with Crippen LogP contribution in [0.1, 0.15) is 41.8 Å². The van der Waals surface area contributed by atoms with Crippen molar-refractivity contribution in [3.63, 3.8) is 0 Å². The normalized spacial score (nSPS) is 11.1. The van der Waals surface area contributed by atoms with Crippen LogP contribution >= 0.6 is 22.7 Å². The molecule has 0 aliphatic heterocycles. The Morgan fingerprint density at radius 3 is 2.75 bits per heavy atom. The topological polar surface area (TPSA) is 107 Å². The molecule has 7 nitrogen and oxygen atoms in total. The standard InChI is InChI=1S/C19H22N4O3S2/c1-4-26-14(24)8-12-9-27-19(22-12)23-17(25)16-15(20)13-6-5-11(7-10(2)3)21-18(13)28-16/h5-6,9-10H,4,7-8,20H2,1-3H3,(H,22,23,25). The highest BCUT2D eigenvalue weighted by molar-refractivity contribution is 7.21. The minimum atomic E-state index is -0.345. The lowest BCUT2D eigenvalue weighted by atomic mass is 10.1. The van der Waals surface area contributed by atoms with Crippen molar-refractivity contribution in [2.24, 2.45) is 5.92 Å². The van der Waals surface area contributed by atoms with Crippen LogP contribution in [0.3, 0.4) is 0 Å². The first-order chi connectivity index (χ1) is 13.4. The number of thiophene rings is 1. The summed E-state index contributed by atoms with van der Waals surface area (Å²) in [5.74, 6) is -0.176. The zero-order chi connectivity index (χ0) is 20.3. The van der Waals surface area contributed by atoms with Crippen molar-refractivity contribution in [2.75, 3.05) is 17.7 Å². The highest BCUT2D eigenvalue weighted by atomic mass is 32.1. The minimum Gasteiger partial charge on any atom is -0.466 e. The number of carbonyl (C=O) groups excluding carboxylic acids is 2. The van der Waals surface area contributed by atoms with E-state index in [0.717, 1.165) is 22.3 Å². The van der Waals surface area contributed by atoms with Gasteiger partial charge in [-0.1, -0.05) is 13.8 Å². The summed E-state index contributed by atoms with van der Waals surface area (Å²) in [5.41, 5.74) is 8.15. The summed E-state index contributed by atoms with van der Waals surface area (Å²) in [4.78, 5) is 34.3. The van der Waals surface area contributed by atoms with Crippen LogP contribution < -0.4 is 11.1 Å². The fraction of sp³-hybridized carbons (Fsp3) is 0.368. The molecule has 0 fully saturated rings. The molecular weight excluding hydrogens is 396 g/mol. The number of amides is 1. The van der Waals surface area contributed by atoms with E-state index in [1.165, 1.54) is 22.7 Å². The van der Waals surface area contributed by atoms with Gasteiger partial charge >= 0.3 is 5.97 Å². The van der Waals surface area contributed by atoms with Gasteiger partial charge in [0.2, 0.25) is 0 Å². The number of aromatic nitrogens is 2. The van der Waals surface area contributed by atoms with Gasteiger partial charge in [0.05, 0.1) is 24.4 Å². The molecule has 0 saturated carbocycles. The third-order valence-corrected chi connectivity index (χ3v) is 5.80. The maximum atomic E-state index is 12.7. The molecule has 3 aromatic heterocycles. The van der Waals surface area contributed by atoms with E-state index in [0.29, 0.717) is 33.9 Å². The number of hydrogen-bond acceptors (Lipinski definition) is 8. The van der Waals surface area contributed by atoms with Crippen LogP contribution in [0, 0.1) is 5.92 Å². The Kier molecular flexibility index (Phi) is 6.25. The van der Waals surface area contributed by atoms with Crippen molar-refractivity contribution >= 4 is 55.6 Å². The van der Waals surface area contributed by atoms with Crippen LogP contribution in [0.5, 0.6) is 0 Å². The second kappa shape index (κ2) is 8.66. The number of esters is 1. The second-order valence-electron chi connectivity index (χ2n) is 6.68. The molecule has 0 radical (unpaired) electrons. The van der Waals surface area contributed by atoms with Crippen molar-refractivity contribution in [1.29, 1.82) is 0 Å². The first-order valence-corrected chi connectivity index (χ1v) is 10.7. The molecule has 0 saturated heterocycles. The molecule has 3 N–H and O–H groups in total. The smallest absolute Gasteiger partial charge is 0.311 e. The Hall–Kier alpha value is -2.52. The Morgan fingerprint density at radius 2 is 2.04 bits per heavy atom. The molecule has 3 rings (SSSR count). The van der Waals surface area contributed by atoms with Gasteiger partial charge in [0.15, 0.2) is 5.13 Å². The number of pyridine rings is 1. The highest BCUT2D eigenvalue weighted by Gasteiger charge is 2.19. The highest BCUT2D eigenvalue weighted by Crippen LogP contribution is 2.33. The molecule has 0 bridgehead atoms. The molecule has 0 spiro atoms. The fourth-order valence-electron chi connectivity index (χ4n) is 2.70. The summed E-state index contributed by atoms with van der Waals surface area (Å²) < 4.78 is 4.90. The summed E-state index contributed by atoms with van der Waals surface area (Å²) in [6.45, 7) is 6.35. The summed E-state index contributed by atoms with van der Waals surface area (Å²) in [6, 6.07) is 3.87. The number of nitrogens with two attached hydrogens (primary N) is 1. The average molecular weight is 419 g/mol. The lowest BCUT2D eigenvalue weighted by Crippen LogP contribution is -2.12. The van der Waals surface area contributed by atoms with Crippen molar-refractivity contribution < 1.29 is 14.3 Å². The van der Waals surface area contributed by atoms with Gasteiger partial charge in [-0.15, -0.1) is 22.7 Å². The Morgan fingerprint density at radius 1 is 1.25 bits per heavy atom. The largest absolute Gasteiger partial charge is 0.466 e. The first-order valence-electron chi connectivity index (χ1n) is 8.96. The zero-order valence-electron chi connectivity index (χ0n) is 15.9. The van der Waals surface area contributed by atoms with E-state index >= 15 is 0 Å². The van der Waals surface area contributed by atoms with Crippen molar-refractivity contribution in [3.05, 3.63) is 33.8 Å². The molecule has 3 aromatic rings. The Bertz CT molecular complexity index is 1010. The average Bonchev–Trinajstić information content (AvgIpc) is 3.18. The number of nitrogens with zero attached hydrogens (tertiary/aromatic N) is 2. The number of thiazole rings is 1. The summed E-state index contributed by atoms with van der Waals surface area (Å²) in [5, 5.41) is 5.67. The number of rotatable bonds is 7. The third-order valence-electron chi connectivity index (χ3n) is 3.88. The molecule has 9 heteroatoms. The van der Waals surface area contributed by atoms with Gasteiger partial charge in [0, 0.05) is 16.5 Å². The third kappa shape index (κ3) is 4.66. The van der Waals surface area contributed by atoms with Gasteiger partial charge in [0.1, 0.15) is 9.71 Å². The quantitative estimate of drug-likeness (QED) is 0.564. The van der Waals surface area contributed by atoms with E-state index in [1.807, 2.05) is 12.1 Å². The predicted octanol–water partition coefficient (Wildman–Crippen LogP) is 3.89. The summed E-state index contributed by atoms with van der Waals surface area (Å²) in [6.07, 6.45) is 0.950. The van der Waals surface area contributed by atoms with Gasteiger partial charge in [-0.05, 0) is 31.4 Å². The van der Waals surface area contributed by atoms with E-state index in [9.17, 15) is 9.59 Å². The molecule has 0 aromatic carbocycles. The van der Waals surface area contributed by atoms with Crippen LogP contribution in [0.25, 0.3) is 10.2 Å². The number of fused-ring (bicyclic) bond motifs is 1. The second-order valence-corrected chi connectivity index (χ2v) is 8.54. The number of hydrogen-bond donors (Lipinski definition) is 2. The number of nitrogen functional groups attached to an aromatic ring is 1. The van der Waals surface area contributed by atoms with Gasteiger partial charge in [-0.25, -0.2) is 9.97 Å². The van der Waals surface area contributed by atoms with E-state index in [4.69, 9.17) is 10.5 Å². The zero-order valence-corrected chi connectivity index (χ0v) is 17.6. The van der Waals surface area contributed by atoms with Crippen molar-refractivity contribution in [1.82, 2.24) is 9.97 Å². The lowest BCUT2D eigenvalue weighted by molar-refractivity contribution is -0.142. The Balaban J connectivity index is 1.75. The summed E-state index contributed by atoms with van der Waals surface area (Å²) in [7, 11) is 0. The fourth-order valence-corrected chi connectivity index (χ4v) is 4.41. The van der Waals surface area contributed by atoms with E-state index in [2.05, 4.69) is 29.1 Å². The molecule has 148 valence electrons. The van der Waals surface area contributed by atoms with Crippen LogP contribution in [0.4, 0.5) is 10.8 Å². The molecule has 0 atom stereocenters. The van der Waals surface area contributed by atoms with Crippen LogP contribution in [-0.4, -0.2) is 28.5 Å². The minimum absolute atomic E-state index is 0.0772. The van der Waals surface area contributed by atoms with Crippen molar-refractivity contribution in [2.45, 2.75) is 33.6 Å². The number of carbonyl (C=O) groups is 2. The van der Waals surface area contributed by atoms with E-state index in [1.54, 1.807) is 12.3 Å². The van der Waals surface area contributed by atoms with Gasteiger partial charge in [0.25, 0.3) is 5.91 Å². The van der Waals surface area contributed by atoms with E-state index in [-0.39, 0.29) is 18.3 Å². The Labute approximate surface area is 171 Å². The number of nitrogens with one attached hydrogen (secondary N) is 1. The monoisotopic (exact) mass is 418 g/mol. The van der Waals surface area contributed by atoms with Crippen LogP contribution in [0.2, 0.25) is 0 Å². The molecule has 1 amide bonds. The number of ether oxygens (including phenoxy) is 1. The van der Waals surface area contributed by atoms with Crippen LogP contribution in [-0.2, 0) is 22.4 Å². The molecule has 0 aliphatic rings. The SMILES string of the molecule is CCOC(=O)Cc1csc(NC(=O)c2sc3nc(CC(C)C)ccc3c2N)n1. The van der Waals surface area contributed by atoms with Gasteiger partial charge < -0.3 is 10.5 Å². The van der Waals surface area contributed by atoms with E-state index < -0.39 is 0 Å². The maximum absolute atomic E-state index is 12.7. The lowest BCUT2D eigenvalue weighted by Gasteiger charge is -2.03. The van der Waals surface area contributed by atoms with Crippen LogP contribution in [0.15, 0.2) is 17.5 Å². The molecule has 0 aliphatic carbocycles. The molecule has 3 heterocycles. The predicted molar refractivity (Wildman–Crippen MR) is 113 cm³/mol. The van der Waals surface area contributed by atoms with Crippen molar-refractivity contribution in [3.8, 4) is 0 Å². The first kappa shape index (κ1) is 20.2. The number of anilines is 2. The van der Waals surface area contributed by atoms with Gasteiger partial charge in [-0.2, -0.15) is 0 Å².